The van der Waals surface area contributed by atoms with Crippen LogP contribution in [0.3, 0.4) is 0 Å². The average molecular weight is 378 g/mol. The van der Waals surface area contributed by atoms with Crippen LogP contribution in [-0.2, 0) is 4.79 Å². The lowest BCUT2D eigenvalue weighted by atomic mass is 9.86. The summed E-state index contributed by atoms with van der Waals surface area (Å²) < 4.78 is 16.5. The zero-order valence-electron chi connectivity index (χ0n) is 14.4. The number of fused-ring (bicyclic) bond motifs is 2. The standard InChI is InChI=1S/C20H15FN4OS/c1-11-18-14(12-5-4-6-13(21)9-12)10-17(26)23-19(18)25(24-11)20-22-15-7-2-3-8-16(15)27-20/h2-9,14H,10H2,1H3,(H,23,26)/t14-/m0/s1. The van der Waals surface area contributed by atoms with E-state index in [9.17, 15) is 9.18 Å². The van der Waals surface area contributed by atoms with E-state index in [1.807, 2.05) is 37.3 Å². The summed E-state index contributed by atoms with van der Waals surface area (Å²) in [6.07, 6.45) is 0.267. The smallest absolute Gasteiger partial charge is 0.226 e. The van der Waals surface area contributed by atoms with Gasteiger partial charge in [0.15, 0.2) is 0 Å². The van der Waals surface area contributed by atoms with Gasteiger partial charge in [-0.2, -0.15) is 9.78 Å². The van der Waals surface area contributed by atoms with Gasteiger partial charge in [0, 0.05) is 17.9 Å². The molecule has 0 aliphatic carbocycles. The van der Waals surface area contributed by atoms with Crippen molar-refractivity contribution >= 4 is 33.3 Å². The first-order chi connectivity index (χ1) is 13.1. The molecule has 1 aliphatic heterocycles. The van der Waals surface area contributed by atoms with Gasteiger partial charge in [0.25, 0.3) is 0 Å². The first-order valence-corrected chi connectivity index (χ1v) is 9.42. The number of hydrogen-bond acceptors (Lipinski definition) is 4. The fourth-order valence-corrected chi connectivity index (χ4v) is 4.57. The van der Waals surface area contributed by atoms with Gasteiger partial charge in [0.05, 0.1) is 15.9 Å². The number of halogens is 1. The van der Waals surface area contributed by atoms with Gasteiger partial charge < -0.3 is 5.32 Å². The van der Waals surface area contributed by atoms with Gasteiger partial charge in [-0.1, -0.05) is 35.6 Å². The van der Waals surface area contributed by atoms with Crippen molar-refractivity contribution in [1.29, 1.82) is 0 Å². The Morgan fingerprint density at radius 2 is 2.07 bits per heavy atom. The number of nitrogens with zero attached hydrogens (tertiary/aromatic N) is 3. The van der Waals surface area contributed by atoms with Crippen LogP contribution >= 0.6 is 11.3 Å². The van der Waals surface area contributed by atoms with Crippen LogP contribution in [0.2, 0.25) is 0 Å². The summed E-state index contributed by atoms with van der Waals surface area (Å²) in [5.41, 5.74) is 3.39. The zero-order valence-corrected chi connectivity index (χ0v) is 15.3. The van der Waals surface area contributed by atoms with Crippen molar-refractivity contribution in [3.05, 3.63) is 71.2 Å². The highest BCUT2D eigenvalue weighted by atomic mass is 32.1. The molecular formula is C20H15FN4OS. The molecule has 2 aromatic carbocycles. The van der Waals surface area contributed by atoms with E-state index in [-0.39, 0.29) is 24.1 Å². The second kappa shape index (κ2) is 5.99. The topological polar surface area (TPSA) is 59.8 Å². The number of benzene rings is 2. The third kappa shape index (κ3) is 2.62. The molecule has 5 nitrogen and oxygen atoms in total. The molecule has 2 aromatic heterocycles. The van der Waals surface area contributed by atoms with Crippen LogP contribution < -0.4 is 5.32 Å². The van der Waals surface area contributed by atoms with Crippen molar-refractivity contribution in [3.8, 4) is 5.13 Å². The lowest BCUT2D eigenvalue weighted by Crippen LogP contribution is -2.25. The fourth-order valence-electron chi connectivity index (χ4n) is 3.64. The molecule has 5 rings (SSSR count). The summed E-state index contributed by atoms with van der Waals surface area (Å²) in [7, 11) is 0. The second-order valence-electron chi connectivity index (χ2n) is 6.58. The molecule has 1 aliphatic rings. The molecule has 134 valence electrons. The third-order valence-corrected chi connectivity index (χ3v) is 5.83. The monoisotopic (exact) mass is 378 g/mol. The Kier molecular flexibility index (Phi) is 3.58. The Morgan fingerprint density at radius 1 is 1.22 bits per heavy atom. The predicted molar refractivity (Wildman–Crippen MR) is 103 cm³/mol. The third-order valence-electron chi connectivity index (χ3n) is 4.82. The summed E-state index contributed by atoms with van der Waals surface area (Å²) in [6.45, 7) is 1.91. The molecule has 0 saturated heterocycles. The van der Waals surface area contributed by atoms with Crippen LogP contribution in [0, 0.1) is 12.7 Å². The molecular weight excluding hydrogens is 363 g/mol. The molecule has 1 N–H and O–H groups in total. The summed E-state index contributed by atoms with van der Waals surface area (Å²) in [5, 5.41) is 8.28. The molecule has 0 radical (unpaired) electrons. The van der Waals surface area contributed by atoms with Gasteiger partial charge in [-0.05, 0) is 36.8 Å². The van der Waals surface area contributed by atoms with Crippen molar-refractivity contribution in [2.24, 2.45) is 0 Å². The molecule has 0 bridgehead atoms. The van der Waals surface area contributed by atoms with E-state index >= 15 is 0 Å². The molecule has 27 heavy (non-hydrogen) atoms. The molecule has 7 heteroatoms. The Labute approximate surface area is 158 Å². The summed E-state index contributed by atoms with van der Waals surface area (Å²) in [4.78, 5) is 17.0. The van der Waals surface area contributed by atoms with Crippen molar-refractivity contribution in [2.45, 2.75) is 19.3 Å². The van der Waals surface area contributed by atoms with Crippen molar-refractivity contribution in [2.75, 3.05) is 5.32 Å². The van der Waals surface area contributed by atoms with Crippen LogP contribution in [0.4, 0.5) is 10.2 Å². The van der Waals surface area contributed by atoms with Crippen molar-refractivity contribution in [1.82, 2.24) is 14.8 Å². The summed E-state index contributed by atoms with van der Waals surface area (Å²) in [5.74, 6) is -0.0279. The number of aryl methyl sites for hydroxylation is 1. The molecule has 0 saturated carbocycles. The minimum atomic E-state index is -0.309. The molecule has 1 atom stereocenters. The summed E-state index contributed by atoms with van der Waals surface area (Å²) >= 11 is 1.52. The van der Waals surface area contributed by atoms with Crippen LogP contribution in [0.15, 0.2) is 48.5 Å². The fraction of sp³-hybridized carbons (Fsp3) is 0.150. The molecule has 1 amide bonds. The number of amides is 1. The van der Waals surface area contributed by atoms with Gasteiger partial charge in [-0.25, -0.2) is 9.37 Å². The normalized spacial score (nSPS) is 16.4. The van der Waals surface area contributed by atoms with Crippen LogP contribution in [-0.4, -0.2) is 20.7 Å². The molecule has 3 heterocycles. The van der Waals surface area contributed by atoms with Crippen molar-refractivity contribution in [3.63, 3.8) is 0 Å². The number of para-hydroxylation sites is 1. The lowest BCUT2D eigenvalue weighted by molar-refractivity contribution is -0.116. The molecule has 0 fully saturated rings. The highest BCUT2D eigenvalue weighted by Gasteiger charge is 2.33. The predicted octanol–water partition coefficient (Wildman–Crippen LogP) is 4.40. The number of carbonyl (C=O) groups excluding carboxylic acids is 1. The Hall–Kier alpha value is -3.06. The van der Waals surface area contributed by atoms with E-state index in [2.05, 4.69) is 15.4 Å². The van der Waals surface area contributed by atoms with Crippen LogP contribution in [0.5, 0.6) is 0 Å². The van der Waals surface area contributed by atoms with E-state index in [0.29, 0.717) is 10.9 Å². The van der Waals surface area contributed by atoms with E-state index in [4.69, 9.17) is 0 Å². The Balaban J connectivity index is 1.69. The zero-order chi connectivity index (χ0) is 18.5. The highest BCUT2D eigenvalue weighted by Crippen LogP contribution is 2.41. The van der Waals surface area contributed by atoms with E-state index in [1.54, 1.807) is 10.7 Å². The summed E-state index contributed by atoms with van der Waals surface area (Å²) in [6, 6.07) is 14.3. The Bertz CT molecular complexity index is 1160. The number of rotatable bonds is 2. The number of carbonyl (C=O) groups is 1. The quantitative estimate of drug-likeness (QED) is 0.562. The minimum absolute atomic E-state index is 0.112. The van der Waals surface area contributed by atoms with Gasteiger partial charge in [0.1, 0.15) is 11.6 Å². The maximum Gasteiger partial charge on any atom is 0.226 e. The van der Waals surface area contributed by atoms with Gasteiger partial charge in [-0.3, -0.25) is 4.79 Å². The minimum Gasteiger partial charge on any atom is -0.310 e. The first-order valence-electron chi connectivity index (χ1n) is 8.61. The second-order valence-corrected chi connectivity index (χ2v) is 7.59. The number of aromatic nitrogens is 3. The number of nitrogens with one attached hydrogen (secondary N) is 1. The largest absolute Gasteiger partial charge is 0.310 e. The average Bonchev–Trinajstić information content (AvgIpc) is 3.22. The van der Waals surface area contributed by atoms with Gasteiger partial charge >= 0.3 is 0 Å². The van der Waals surface area contributed by atoms with Gasteiger partial charge in [-0.15, -0.1) is 0 Å². The van der Waals surface area contributed by atoms with Crippen LogP contribution in [0.1, 0.15) is 29.2 Å². The first kappa shape index (κ1) is 16.1. The van der Waals surface area contributed by atoms with Crippen LogP contribution in [0.25, 0.3) is 15.3 Å². The van der Waals surface area contributed by atoms with E-state index < -0.39 is 0 Å². The van der Waals surface area contributed by atoms with Gasteiger partial charge in [0.2, 0.25) is 11.0 Å². The molecule has 0 unspecified atom stereocenters. The highest BCUT2D eigenvalue weighted by molar-refractivity contribution is 7.20. The number of anilines is 1. The maximum atomic E-state index is 13.8. The van der Waals surface area contributed by atoms with E-state index in [1.165, 1.54) is 23.5 Å². The lowest BCUT2D eigenvalue weighted by Gasteiger charge is -2.24. The number of thiazole rings is 1. The maximum absolute atomic E-state index is 13.8. The number of hydrogen-bond donors (Lipinski definition) is 1. The molecule has 4 aromatic rings. The molecule has 0 spiro atoms. The van der Waals surface area contributed by atoms with E-state index in [0.717, 1.165) is 27.0 Å². The Morgan fingerprint density at radius 3 is 2.89 bits per heavy atom. The van der Waals surface area contributed by atoms with Crippen molar-refractivity contribution < 1.29 is 9.18 Å². The SMILES string of the molecule is Cc1nn(-c2nc3ccccc3s2)c2c1[C@H](c1cccc(F)c1)CC(=O)N2.